The highest BCUT2D eigenvalue weighted by Crippen LogP contribution is 2.30. The minimum atomic E-state index is -0.584. The number of nitrogens with zero attached hydrogens (tertiary/aromatic N) is 1. The van der Waals surface area contributed by atoms with Gasteiger partial charge in [-0.25, -0.2) is 4.79 Å². The Hall–Kier alpha value is -2.54. The largest absolute Gasteiger partial charge is 0.453 e. The van der Waals surface area contributed by atoms with E-state index in [-0.39, 0.29) is 17.9 Å². The summed E-state index contributed by atoms with van der Waals surface area (Å²) in [5.74, 6) is 0.342. The molecule has 178 valence electrons. The van der Waals surface area contributed by atoms with Crippen LogP contribution in [0.4, 0.5) is 4.79 Å². The van der Waals surface area contributed by atoms with Crippen molar-refractivity contribution in [2.75, 3.05) is 13.7 Å². The van der Waals surface area contributed by atoms with Crippen molar-refractivity contribution >= 4 is 33.5 Å². The van der Waals surface area contributed by atoms with Gasteiger partial charge < -0.3 is 20.3 Å². The molecule has 7 heteroatoms. The van der Waals surface area contributed by atoms with E-state index in [1.165, 1.54) is 7.11 Å². The van der Waals surface area contributed by atoms with E-state index in [1.54, 1.807) is 4.90 Å². The van der Waals surface area contributed by atoms with Gasteiger partial charge in [0, 0.05) is 22.9 Å². The van der Waals surface area contributed by atoms with Gasteiger partial charge in [0.05, 0.1) is 13.2 Å². The average molecular weight is 516 g/mol. The van der Waals surface area contributed by atoms with Crippen molar-refractivity contribution in [3.05, 3.63) is 64.9 Å². The first kappa shape index (κ1) is 25.1. The summed E-state index contributed by atoms with van der Waals surface area (Å²) < 4.78 is 5.82. The predicted octanol–water partition coefficient (Wildman–Crippen LogP) is 5.23. The van der Waals surface area contributed by atoms with Crippen LogP contribution in [0.3, 0.4) is 0 Å². The molecule has 6 nitrogen and oxygen atoms in total. The van der Waals surface area contributed by atoms with Crippen LogP contribution in [0.25, 0.3) is 5.57 Å². The van der Waals surface area contributed by atoms with Crippen molar-refractivity contribution in [1.29, 1.82) is 0 Å². The summed E-state index contributed by atoms with van der Waals surface area (Å²) in [6, 6.07) is 7.35. The SMILES string of the molecule is C=C(N/C=C(/c1ccc(Br)cc1)C(C)C)C1C=CCN1C(=O)C(NC(=O)OC)C1CCCC1. The van der Waals surface area contributed by atoms with Gasteiger partial charge >= 0.3 is 6.09 Å². The summed E-state index contributed by atoms with van der Waals surface area (Å²) in [7, 11) is 1.32. The van der Waals surface area contributed by atoms with Crippen LogP contribution in [-0.4, -0.2) is 42.6 Å². The zero-order valence-corrected chi connectivity index (χ0v) is 21.2. The number of hydrogen-bond acceptors (Lipinski definition) is 4. The van der Waals surface area contributed by atoms with E-state index in [0.29, 0.717) is 12.5 Å². The van der Waals surface area contributed by atoms with Crippen LogP contribution in [0.5, 0.6) is 0 Å². The molecule has 1 aliphatic carbocycles. The molecular formula is C26H34BrN3O3. The van der Waals surface area contributed by atoms with Crippen LogP contribution in [0.1, 0.15) is 45.1 Å². The minimum Gasteiger partial charge on any atom is -0.453 e. The van der Waals surface area contributed by atoms with E-state index in [1.807, 2.05) is 30.5 Å². The second-order valence-electron chi connectivity index (χ2n) is 8.95. The van der Waals surface area contributed by atoms with Crippen molar-refractivity contribution in [1.82, 2.24) is 15.5 Å². The first-order valence-electron chi connectivity index (χ1n) is 11.5. The number of ether oxygens (including phenoxy) is 1. The lowest BCUT2D eigenvalue weighted by Crippen LogP contribution is -2.54. The summed E-state index contributed by atoms with van der Waals surface area (Å²) in [5, 5.41) is 6.13. The number of methoxy groups -OCH3 is 1. The van der Waals surface area contributed by atoms with E-state index in [2.05, 4.69) is 59.1 Å². The maximum atomic E-state index is 13.5. The van der Waals surface area contributed by atoms with E-state index >= 15 is 0 Å². The second-order valence-corrected chi connectivity index (χ2v) is 9.87. The van der Waals surface area contributed by atoms with Gasteiger partial charge in [-0.05, 0) is 47.9 Å². The number of rotatable bonds is 8. The van der Waals surface area contributed by atoms with Gasteiger partial charge in [0.25, 0.3) is 0 Å². The number of allylic oxidation sites excluding steroid dienone is 1. The molecule has 1 aromatic carbocycles. The Morgan fingerprint density at radius 2 is 1.88 bits per heavy atom. The average Bonchev–Trinajstić information content (AvgIpc) is 3.50. The van der Waals surface area contributed by atoms with Gasteiger partial charge in [-0.3, -0.25) is 4.79 Å². The zero-order chi connectivity index (χ0) is 24.0. The summed E-state index contributed by atoms with van der Waals surface area (Å²) >= 11 is 3.49. The minimum absolute atomic E-state index is 0.0915. The molecule has 2 aliphatic rings. The Morgan fingerprint density at radius 3 is 2.48 bits per heavy atom. The second kappa shape index (κ2) is 11.5. The van der Waals surface area contributed by atoms with Crippen LogP contribution < -0.4 is 10.6 Å². The lowest BCUT2D eigenvalue weighted by Gasteiger charge is -2.32. The summed E-state index contributed by atoms with van der Waals surface area (Å²) in [5.41, 5.74) is 3.00. The molecule has 33 heavy (non-hydrogen) atoms. The van der Waals surface area contributed by atoms with Crippen LogP contribution in [0.2, 0.25) is 0 Å². The van der Waals surface area contributed by atoms with Crippen molar-refractivity contribution in [2.24, 2.45) is 11.8 Å². The third-order valence-corrected chi connectivity index (χ3v) is 6.93. The normalized spacial score (nSPS) is 19.6. The molecule has 2 amide bonds. The van der Waals surface area contributed by atoms with Crippen LogP contribution in [0, 0.1) is 11.8 Å². The van der Waals surface area contributed by atoms with Crippen LogP contribution >= 0.6 is 15.9 Å². The molecule has 0 bridgehead atoms. The highest BCUT2D eigenvalue weighted by molar-refractivity contribution is 9.10. The smallest absolute Gasteiger partial charge is 0.407 e. The molecule has 1 heterocycles. The van der Waals surface area contributed by atoms with Gasteiger partial charge in [-0.2, -0.15) is 0 Å². The third kappa shape index (κ3) is 6.28. The zero-order valence-electron chi connectivity index (χ0n) is 19.6. The molecule has 0 radical (unpaired) electrons. The molecule has 1 fully saturated rings. The van der Waals surface area contributed by atoms with Gasteiger partial charge in [-0.15, -0.1) is 0 Å². The molecule has 2 N–H and O–H groups in total. The maximum Gasteiger partial charge on any atom is 0.407 e. The van der Waals surface area contributed by atoms with Crippen LogP contribution in [-0.2, 0) is 9.53 Å². The number of halogens is 1. The molecule has 0 spiro atoms. The van der Waals surface area contributed by atoms with Crippen molar-refractivity contribution in [3.8, 4) is 0 Å². The topological polar surface area (TPSA) is 70.7 Å². The first-order valence-corrected chi connectivity index (χ1v) is 12.3. The fraction of sp³-hybridized carbons (Fsp3) is 0.462. The first-order chi connectivity index (χ1) is 15.8. The van der Waals surface area contributed by atoms with Crippen molar-refractivity contribution < 1.29 is 14.3 Å². The lowest BCUT2D eigenvalue weighted by molar-refractivity contribution is -0.134. The molecule has 2 unspecified atom stereocenters. The van der Waals surface area contributed by atoms with Gasteiger partial charge in [-0.1, -0.05) is 73.5 Å². The van der Waals surface area contributed by atoms with E-state index < -0.39 is 12.1 Å². The Bertz CT molecular complexity index is 917. The van der Waals surface area contributed by atoms with E-state index in [4.69, 9.17) is 4.74 Å². The number of hydrogen-bond donors (Lipinski definition) is 2. The summed E-state index contributed by atoms with van der Waals surface area (Å²) in [6.07, 6.45) is 9.38. The number of nitrogens with one attached hydrogen (secondary N) is 2. The monoisotopic (exact) mass is 515 g/mol. The summed E-state index contributed by atoms with van der Waals surface area (Å²) in [4.78, 5) is 27.3. The van der Waals surface area contributed by atoms with Gasteiger partial charge in [0.1, 0.15) is 6.04 Å². The molecule has 1 aliphatic heterocycles. The Labute approximate surface area is 205 Å². The molecule has 1 saturated carbocycles. The number of benzene rings is 1. The summed E-state index contributed by atoms with van der Waals surface area (Å²) in [6.45, 7) is 9.01. The molecule has 1 aromatic rings. The molecule has 0 saturated heterocycles. The number of alkyl carbamates (subject to hydrolysis) is 1. The van der Waals surface area contributed by atoms with E-state index in [9.17, 15) is 9.59 Å². The van der Waals surface area contributed by atoms with Crippen LogP contribution in [0.15, 0.2) is 59.4 Å². The maximum absolute atomic E-state index is 13.5. The Morgan fingerprint density at radius 1 is 1.21 bits per heavy atom. The number of carbonyl (C=O) groups is 2. The molecule has 2 atom stereocenters. The van der Waals surface area contributed by atoms with Crippen molar-refractivity contribution in [3.63, 3.8) is 0 Å². The third-order valence-electron chi connectivity index (χ3n) is 6.41. The predicted molar refractivity (Wildman–Crippen MR) is 135 cm³/mol. The highest BCUT2D eigenvalue weighted by atomic mass is 79.9. The molecular weight excluding hydrogens is 482 g/mol. The Kier molecular flexibility index (Phi) is 8.78. The standard InChI is InChI=1S/C26H34BrN3O3/c1-17(2)22(19-11-13-21(27)14-12-19)16-28-18(3)23-10-7-15-30(23)25(31)24(29-26(32)33-4)20-8-5-6-9-20/h7,10-14,16-17,20,23-24,28H,3,5-6,8-9,15H2,1-2,4H3,(H,29,32)/b22-16+. The van der Waals surface area contributed by atoms with Gasteiger partial charge in [0.2, 0.25) is 5.91 Å². The van der Waals surface area contributed by atoms with Crippen molar-refractivity contribution in [2.45, 2.75) is 51.6 Å². The highest BCUT2D eigenvalue weighted by Gasteiger charge is 2.38. The van der Waals surface area contributed by atoms with E-state index in [0.717, 1.165) is 47.0 Å². The quantitative estimate of drug-likeness (QED) is 0.465. The molecule has 0 aromatic heterocycles. The fourth-order valence-electron chi connectivity index (χ4n) is 4.57. The van der Waals surface area contributed by atoms with Gasteiger partial charge in [0.15, 0.2) is 0 Å². The number of amides is 2. The number of carbonyl (C=O) groups excluding carboxylic acids is 2. The lowest BCUT2D eigenvalue weighted by atomic mass is 9.96. The molecule has 3 rings (SSSR count). The fourth-order valence-corrected chi connectivity index (χ4v) is 4.83. The Balaban J connectivity index is 1.74.